The fourth-order valence-electron chi connectivity index (χ4n) is 2.80. The highest BCUT2D eigenvalue weighted by molar-refractivity contribution is 9.10. The molecule has 1 amide bonds. The van der Waals surface area contributed by atoms with Crippen LogP contribution in [0.5, 0.6) is 0 Å². The molecule has 1 atom stereocenters. The molecule has 0 radical (unpaired) electrons. The molecule has 1 N–H and O–H groups in total. The Hall–Kier alpha value is -3.24. The van der Waals surface area contributed by atoms with Crippen LogP contribution < -0.4 is 5.01 Å². The molecule has 8 nitrogen and oxygen atoms in total. The number of benzene rings is 2. The summed E-state index contributed by atoms with van der Waals surface area (Å²) in [6.07, 6.45) is 0. The Balaban J connectivity index is 1.56. The minimum atomic E-state index is -1.11. The summed E-state index contributed by atoms with van der Waals surface area (Å²) in [7, 11) is 0. The summed E-state index contributed by atoms with van der Waals surface area (Å²) >= 11 is 4.70. The van der Waals surface area contributed by atoms with E-state index in [4.69, 9.17) is 0 Å². The Labute approximate surface area is 183 Å². The molecule has 0 unspecified atom stereocenters. The molecule has 0 saturated carbocycles. The number of carbonyl (C=O) groups excluding carboxylic acids is 1. The van der Waals surface area contributed by atoms with Crippen molar-refractivity contribution in [3.63, 3.8) is 0 Å². The first-order chi connectivity index (χ1) is 14.4. The fraction of sp³-hybridized carbons (Fsp3) is 0.100. The second-order valence-electron chi connectivity index (χ2n) is 6.35. The predicted molar refractivity (Wildman–Crippen MR) is 118 cm³/mol. The van der Waals surface area contributed by atoms with Gasteiger partial charge in [0.2, 0.25) is 5.13 Å². The van der Waals surface area contributed by atoms with Gasteiger partial charge in [-0.15, -0.1) is 11.3 Å². The molecular weight excluding hydrogens is 470 g/mol. The van der Waals surface area contributed by atoms with Crippen LogP contribution in [0.15, 0.2) is 73.7 Å². The van der Waals surface area contributed by atoms with Crippen molar-refractivity contribution < 1.29 is 14.7 Å². The summed E-state index contributed by atoms with van der Waals surface area (Å²) in [5, 5.41) is 25.1. The quantitative estimate of drug-likeness (QED) is 0.506. The van der Waals surface area contributed by atoms with Crippen molar-refractivity contribution in [3.8, 4) is 11.3 Å². The van der Waals surface area contributed by atoms with Crippen molar-refractivity contribution in [1.29, 1.82) is 0 Å². The number of anilines is 1. The lowest BCUT2D eigenvalue weighted by atomic mass is 10.2. The Morgan fingerprint density at radius 2 is 1.93 bits per heavy atom. The SMILES string of the molecule is CC1=NN(c2nc(-c3ccc(Br)cc3)cs2)C(=O)[C@H]1N=Nc1ccccc1C(=O)O. The van der Waals surface area contributed by atoms with Crippen LogP contribution in [-0.2, 0) is 4.79 Å². The van der Waals surface area contributed by atoms with Gasteiger partial charge in [0.15, 0.2) is 6.04 Å². The van der Waals surface area contributed by atoms with E-state index in [1.54, 1.807) is 19.1 Å². The van der Waals surface area contributed by atoms with Crippen LogP contribution in [0.2, 0.25) is 0 Å². The maximum absolute atomic E-state index is 12.8. The number of carboxylic acid groups (broad SMARTS) is 1. The second kappa shape index (κ2) is 8.25. The molecule has 30 heavy (non-hydrogen) atoms. The standard InChI is InChI=1S/C20H14BrN5O3S/c1-11-17(24-23-15-5-3-2-4-14(15)19(28)29)18(27)26(25-11)20-22-16(10-30-20)12-6-8-13(21)9-7-12/h2-10,17H,1H3,(H,28,29)/t17-/m0/s1. The van der Waals surface area contributed by atoms with Crippen LogP contribution in [0, 0.1) is 0 Å². The number of carboxylic acids is 1. The number of carbonyl (C=O) groups is 2. The van der Waals surface area contributed by atoms with Gasteiger partial charge in [-0.25, -0.2) is 9.78 Å². The van der Waals surface area contributed by atoms with E-state index in [1.807, 2.05) is 29.6 Å². The van der Waals surface area contributed by atoms with Crippen molar-refractivity contribution in [2.24, 2.45) is 15.3 Å². The topological polar surface area (TPSA) is 108 Å². The molecule has 1 aliphatic rings. The molecule has 0 spiro atoms. The predicted octanol–water partition coefficient (Wildman–Crippen LogP) is 5.15. The van der Waals surface area contributed by atoms with Gasteiger partial charge in [0.1, 0.15) is 0 Å². The third kappa shape index (κ3) is 3.91. The molecule has 1 aromatic heterocycles. The molecule has 1 aliphatic heterocycles. The van der Waals surface area contributed by atoms with Gasteiger partial charge in [0.05, 0.1) is 22.7 Å². The maximum Gasteiger partial charge on any atom is 0.337 e. The van der Waals surface area contributed by atoms with E-state index in [9.17, 15) is 14.7 Å². The zero-order valence-electron chi connectivity index (χ0n) is 15.6. The summed E-state index contributed by atoms with van der Waals surface area (Å²) in [4.78, 5) is 28.7. The van der Waals surface area contributed by atoms with Crippen LogP contribution in [0.3, 0.4) is 0 Å². The van der Waals surface area contributed by atoms with E-state index in [0.717, 1.165) is 15.7 Å². The van der Waals surface area contributed by atoms with E-state index >= 15 is 0 Å². The minimum Gasteiger partial charge on any atom is -0.478 e. The average molecular weight is 484 g/mol. The number of aromatic carboxylic acids is 1. The lowest BCUT2D eigenvalue weighted by molar-refractivity contribution is -0.117. The summed E-state index contributed by atoms with van der Waals surface area (Å²) in [5.41, 5.74) is 2.31. The number of hydrazone groups is 1. The molecule has 2 aromatic carbocycles. The number of aromatic nitrogens is 1. The first kappa shape index (κ1) is 20.0. The van der Waals surface area contributed by atoms with Gasteiger partial charge in [-0.1, -0.05) is 40.2 Å². The van der Waals surface area contributed by atoms with Crippen molar-refractivity contribution in [3.05, 3.63) is 63.9 Å². The molecular formula is C20H14BrN5O3S. The average Bonchev–Trinajstić information content (AvgIpc) is 3.32. The van der Waals surface area contributed by atoms with Gasteiger partial charge in [-0.3, -0.25) is 4.79 Å². The highest BCUT2D eigenvalue weighted by Gasteiger charge is 2.36. The monoisotopic (exact) mass is 483 g/mol. The molecule has 4 rings (SSSR count). The van der Waals surface area contributed by atoms with E-state index in [-0.39, 0.29) is 17.2 Å². The fourth-order valence-corrected chi connectivity index (χ4v) is 3.85. The molecule has 2 heterocycles. The summed E-state index contributed by atoms with van der Waals surface area (Å²) < 4.78 is 0.967. The van der Waals surface area contributed by atoms with Crippen LogP contribution in [0.4, 0.5) is 10.8 Å². The van der Waals surface area contributed by atoms with Crippen molar-refractivity contribution in [2.75, 3.05) is 5.01 Å². The number of nitrogens with zero attached hydrogens (tertiary/aromatic N) is 5. The molecule has 3 aromatic rings. The molecule has 0 saturated heterocycles. The van der Waals surface area contributed by atoms with Crippen molar-refractivity contribution >= 4 is 55.7 Å². The van der Waals surface area contributed by atoms with Crippen LogP contribution in [-0.4, -0.2) is 33.7 Å². The largest absolute Gasteiger partial charge is 0.478 e. The lowest BCUT2D eigenvalue weighted by Crippen LogP contribution is -2.29. The van der Waals surface area contributed by atoms with Gasteiger partial charge in [0.25, 0.3) is 5.91 Å². The Morgan fingerprint density at radius 3 is 2.67 bits per heavy atom. The number of halogens is 1. The number of hydrogen-bond acceptors (Lipinski definition) is 7. The molecule has 150 valence electrons. The highest BCUT2D eigenvalue weighted by Crippen LogP contribution is 2.31. The Kier molecular flexibility index (Phi) is 5.51. The molecule has 0 bridgehead atoms. The third-order valence-electron chi connectivity index (χ3n) is 4.32. The first-order valence-corrected chi connectivity index (χ1v) is 10.4. The van der Waals surface area contributed by atoms with Gasteiger partial charge < -0.3 is 5.11 Å². The number of thiazole rings is 1. The smallest absolute Gasteiger partial charge is 0.337 e. The lowest BCUT2D eigenvalue weighted by Gasteiger charge is -2.08. The molecule has 0 fully saturated rings. The third-order valence-corrected chi connectivity index (χ3v) is 5.67. The van der Waals surface area contributed by atoms with E-state index in [1.165, 1.54) is 28.5 Å². The second-order valence-corrected chi connectivity index (χ2v) is 8.11. The number of hydrogen-bond donors (Lipinski definition) is 1. The molecule has 10 heteroatoms. The number of azo groups is 1. The first-order valence-electron chi connectivity index (χ1n) is 8.78. The van der Waals surface area contributed by atoms with Gasteiger partial charge in [-0.2, -0.15) is 20.3 Å². The van der Waals surface area contributed by atoms with Crippen molar-refractivity contribution in [2.45, 2.75) is 13.0 Å². The maximum atomic E-state index is 12.8. The summed E-state index contributed by atoms with van der Waals surface area (Å²) in [6, 6.07) is 13.0. The van der Waals surface area contributed by atoms with Crippen LogP contribution in [0.25, 0.3) is 11.3 Å². The minimum absolute atomic E-state index is 0.0113. The van der Waals surface area contributed by atoms with Gasteiger partial charge >= 0.3 is 5.97 Å². The zero-order valence-corrected chi connectivity index (χ0v) is 18.0. The summed E-state index contributed by atoms with van der Waals surface area (Å²) in [6.45, 7) is 1.67. The normalized spacial score (nSPS) is 16.3. The Morgan fingerprint density at radius 1 is 1.20 bits per heavy atom. The van der Waals surface area contributed by atoms with E-state index in [2.05, 4.69) is 36.2 Å². The number of amides is 1. The van der Waals surface area contributed by atoms with E-state index in [0.29, 0.717) is 10.8 Å². The highest BCUT2D eigenvalue weighted by atomic mass is 79.9. The molecule has 0 aliphatic carbocycles. The van der Waals surface area contributed by atoms with Crippen LogP contribution in [0.1, 0.15) is 17.3 Å². The van der Waals surface area contributed by atoms with Crippen molar-refractivity contribution in [1.82, 2.24) is 4.98 Å². The van der Waals surface area contributed by atoms with Gasteiger partial charge in [0, 0.05) is 15.4 Å². The Bertz CT molecular complexity index is 1190. The zero-order chi connectivity index (χ0) is 21.3. The van der Waals surface area contributed by atoms with Gasteiger partial charge in [-0.05, 0) is 31.2 Å². The van der Waals surface area contributed by atoms with Crippen LogP contribution >= 0.6 is 27.3 Å². The van der Waals surface area contributed by atoms with E-state index < -0.39 is 12.0 Å². The number of rotatable bonds is 5. The summed E-state index contributed by atoms with van der Waals surface area (Å²) in [5.74, 6) is -1.50.